The maximum Gasteiger partial charge on any atom is 0.244 e. The lowest BCUT2D eigenvalue weighted by atomic mass is 9.54. The van der Waals surface area contributed by atoms with Crippen molar-refractivity contribution in [3.63, 3.8) is 0 Å². The van der Waals surface area contributed by atoms with E-state index in [1.165, 1.54) is 0 Å². The van der Waals surface area contributed by atoms with E-state index in [9.17, 15) is 14.4 Å². The van der Waals surface area contributed by atoms with Crippen molar-refractivity contribution in [2.24, 2.45) is 11.8 Å². The van der Waals surface area contributed by atoms with Gasteiger partial charge < -0.3 is 5.32 Å². The Bertz CT molecular complexity index is 1280. The summed E-state index contributed by atoms with van der Waals surface area (Å²) in [5.74, 6) is -3.22. The smallest absolute Gasteiger partial charge is 0.244 e. The lowest BCUT2D eigenvalue weighted by Gasteiger charge is -2.54. The summed E-state index contributed by atoms with van der Waals surface area (Å²) in [7, 11) is 0. The number of likely N-dealkylation sites (tertiary alicyclic amines) is 1. The highest BCUT2D eigenvalue weighted by atomic mass is 35.5. The number of nitrogens with zero attached hydrogens (tertiary/aromatic N) is 1. The molecule has 2 atom stereocenters. The Morgan fingerprint density at radius 2 is 1.29 bits per heavy atom. The van der Waals surface area contributed by atoms with Gasteiger partial charge in [-0.2, -0.15) is 0 Å². The highest BCUT2D eigenvalue weighted by Gasteiger charge is 2.73. The number of alkyl halides is 2. The standard InChI is InChI=1S/C27H20Cl2N2O3/c1-15-7-6-8-16(13-15)30-21(32)14-31-24(33)22-23(25(31)34)27(29)18-10-3-2-9-17(18)26(22,28)19-11-4-5-12-20(19)27/h2-13,22-23H,14H2,1H3,(H,30,32)/t22-,23-,26?,27?/m1/s1. The van der Waals surface area contributed by atoms with Crippen molar-refractivity contribution < 1.29 is 14.4 Å². The molecule has 1 fully saturated rings. The van der Waals surface area contributed by atoms with Crippen molar-refractivity contribution in [2.75, 3.05) is 11.9 Å². The predicted molar refractivity (Wildman–Crippen MR) is 130 cm³/mol. The lowest BCUT2D eigenvalue weighted by molar-refractivity contribution is -0.142. The molecule has 34 heavy (non-hydrogen) atoms. The third-order valence-corrected chi connectivity index (χ3v) is 8.56. The summed E-state index contributed by atoms with van der Waals surface area (Å²) in [5, 5.41) is 2.77. The second-order valence-electron chi connectivity index (χ2n) is 9.15. The third-order valence-electron chi connectivity index (χ3n) is 7.28. The Labute approximate surface area is 206 Å². The van der Waals surface area contributed by atoms with E-state index < -0.39 is 45.9 Å². The number of amides is 3. The number of rotatable bonds is 3. The molecule has 1 heterocycles. The number of halogens is 2. The van der Waals surface area contributed by atoms with E-state index in [-0.39, 0.29) is 0 Å². The average molecular weight is 491 g/mol. The van der Waals surface area contributed by atoms with Gasteiger partial charge in [-0.3, -0.25) is 19.3 Å². The van der Waals surface area contributed by atoms with E-state index in [1.54, 1.807) is 6.07 Å². The van der Waals surface area contributed by atoms with E-state index in [2.05, 4.69) is 5.32 Å². The first kappa shape index (κ1) is 21.4. The van der Waals surface area contributed by atoms with Gasteiger partial charge in [0.15, 0.2) is 0 Å². The second kappa shape index (κ2) is 7.17. The Morgan fingerprint density at radius 3 is 1.74 bits per heavy atom. The van der Waals surface area contributed by atoms with Gasteiger partial charge in [0, 0.05) is 5.69 Å². The first-order valence-corrected chi connectivity index (χ1v) is 11.8. The topological polar surface area (TPSA) is 66.5 Å². The van der Waals surface area contributed by atoms with Crippen LogP contribution in [0.5, 0.6) is 0 Å². The van der Waals surface area contributed by atoms with Crippen molar-refractivity contribution in [3.05, 3.63) is 101 Å². The second-order valence-corrected chi connectivity index (χ2v) is 10.3. The average Bonchev–Trinajstić information content (AvgIpc) is 3.08. The summed E-state index contributed by atoms with van der Waals surface area (Å²) in [6, 6.07) is 22.2. The summed E-state index contributed by atoms with van der Waals surface area (Å²) in [5.41, 5.74) is 4.52. The fourth-order valence-corrected chi connectivity index (χ4v) is 7.05. The van der Waals surface area contributed by atoms with Crippen LogP contribution in [-0.4, -0.2) is 29.2 Å². The lowest BCUT2D eigenvalue weighted by Crippen LogP contribution is -2.57. The van der Waals surface area contributed by atoms with Crippen molar-refractivity contribution >= 4 is 46.6 Å². The number of carbonyl (C=O) groups excluding carboxylic acids is 3. The summed E-state index contributed by atoms with van der Waals surface area (Å²) in [6.07, 6.45) is 0. The molecule has 0 radical (unpaired) electrons. The molecule has 0 unspecified atom stereocenters. The van der Waals surface area contributed by atoms with Crippen LogP contribution in [0.2, 0.25) is 0 Å². The van der Waals surface area contributed by atoms with Gasteiger partial charge in [0.25, 0.3) is 0 Å². The highest BCUT2D eigenvalue weighted by molar-refractivity contribution is 6.36. The van der Waals surface area contributed by atoms with Crippen LogP contribution in [0.15, 0.2) is 72.8 Å². The number of carbonyl (C=O) groups is 3. The van der Waals surface area contributed by atoms with Crippen molar-refractivity contribution in [3.8, 4) is 0 Å². The summed E-state index contributed by atoms with van der Waals surface area (Å²) < 4.78 is 0. The summed E-state index contributed by atoms with van der Waals surface area (Å²) >= 11 is 14.7. The highest BCUT2D eigenvalue weighted by Crippen LogP contribution is 2.69. The minimum Gasteiger partial charge on any atom is -0.325 e. The first-order valence-electron chi connectivity index (χ1n) is 11.1. The van der Waals surface area contributed by atoms with Crippen molar-refractivity contribution in [2.45, 2.75) is 16.7 Å². The molecule has 0 saturated carbocycles. The van der Waals surface area contributed by atoms with Crippen LogP contribution in [0.1, 0.15) is 27.8 Å². The fraction of sp³-hybridized carbons (Fsp3) is 0.222. The van der Waals surface area contributed by atoms with Gasteiger partial charge in [-0.05, 0) is 46.9 Å². The summed E-state index contributed by atoms with van der Waals surface area (Å²) in [4.78, 5) is 38.8. The number of hydrogen-bond donors (Lipinski definition) is 1. The zero-order valence-corrected chi connectivity index (χ0v) is 19.7. The van der Waals surface area contributed by atoms with E-state index >= 15 is 0 Å². The molecule has 7 rings (SSSR count). The Morgan fingerprint density at radius 1 is 0.824 bits per heavy atom. The molecule has 3 aromatic carbocycles. The SMILES string of the molecule is Cc1cccc(NC(=O)CN2C(=O)[C@H]3[C@H](C2=O)C2(Cl)c4ccccc4C3(Cl)c3ccccc32)c1. The van der Waals surface area contributed by atoms with E-state index in [4.69, 9.17) is 23.2 Å². The number of aryl methyl sites for hydroxylation is 1. The number of benzene rings is 3. The Balaban J connectivity index is 1.43. The monoisotopic (exact) mass is 490 g/mol. The maximum atomic E-state index is 13.7. The molecular weight excluding hydrogens is 471 g/mol. The van der Waals surface area contributed by atoms with Gasteiger partial charge >= 0.3 is 0 Å². The van der Waals surface area contributed by atoms with Crippen molar-refractivity contribution in [1.29, 1.82) is 0 Å². The molecule has 4 aliphatic rings. The first-order chi connectivity index (χ1) is 16.3. The zero-order valence-electron chi connectivity index (χ0n) is 18.2. The van der Waals surface area contributed by atoms with Gasteiger partial charge in [-0.25, -0.2) is 0 Å². The van der Waals surface area contributed by atoms with Gasteiger partial charge in [0.1, 0.15) is 16.3 Å². The molecule has 170 valence electrons. The number of anilines is 1. The largest absolute Gasteiger partial charge is 0.325 e. The quantitative estimate of drug-likeness (QED) is 0.433. The van der Waals surface area contributed by atoms with E-state index in [1.807, 2.05) is 73.7 Å². The predicted octanol–water partition coefficient (Wildman–Crippen LogP) is 4.53. The zero-order chi connectivity index (χ0) is 23.8. The van der Waals surface area contributed by atoms with Gasteiger partial charge in [-0.1, -0.05) is 60.7 Å². The molecule has 0 spiro atoms. The van der Waals surface area contributed by atoms with Crippen LogP contribution in [0, 0.1) is 18.8 Å². The van der Waals surface area contributed by atoms with Crippen LogP contribution in [-0.2, 0) is 24.1 Å². The van der Waals surface area contributed by atoms with Crippen LogP contribution in [0.4, 0.5) is 5.69 Å². The molecule has 3 aromatic rings. The van der Waals surface area contributed by atoms with Crippen LogP contribution < -0.4 is 5.32 Å². The molecule has 3 aliphatic carbocycles. The van der Waals surface area contributed by atoms with Crippen LogP contribution in [0.3, 0.4) is 0 Å². The molecule has 1 N–H and O–H groups in total. The molecular formula is C27H20Cl2N2O3. The third kappa shape index (κ3) is 2.60. The fourth-order valence-electron chi connectivity index (χ4n) is 5.95. The van der Waals surface area contributed by atoms with Crippen LogP contribution in [0.25, 0.3) is 0 Å². The van der Waals surface area contributed by atoms with Gasteiger partial charge in [0.2, 0.25) is 17.7 Å². The van der Waals surface area contributed by atoms with Crippen molar-refractivity contribution in [1.82, 2.24) is 4.90 Å². The molecule has 3 amide bonds. The Hall–Kier alpha value is -3.15. The Kier molecular flexibility index (Phi) is 4.51. The van der Waals surface area contributed by atoms with Gasteiger partial charge in [0.05, 0.1) is 11.8 Å². The molecule has 7 heteroatoms. The molecule has 1 aliphatic heterocycles. The van der Waals surface area contributed by atoms with E-state index in [0.717, 1.165) is 32.7 Å². The number of imide groups is 1. The number of nitrogens with one attached hydrogen (secondary N) is 1. The molecule has 0 aromatic heterocycles. The van der Waals surface area contributed by atoms with E-state index in [0.29, 0.717) is 5.69 Å². The summed E-state index contributed by atoms with van der Waals surface area (Å²) in [6.45, 7) is 1.52. The minimum absolute atomic E-state index is 0.398. The van der Waals surface area contributed by atoms with Crippen LogP contribution >= 0.6 is 23.2 Å². The molecule has 2 bridgehead atoms. The normalized spacial score (nSPS) is 28.4. The molecule has 1 saturated heterocycles. The van der Waals surface area contributed by atoms with Gasteiger partial charge in [-0.15, -0.1) is 23.2 Å². The minimum atomic E-state index is -1.25. The maximum absolute atomic E-state index is 13.7. The molecule has 5 nitrogen and oxygen atoms in total. The number of hydrogen-bond acceptors (Lipinski definition) is 3.